The number of benzene rings is 1. The second kappa shape index (κ2) is 4.64. The zero-order valence-corrected chi connectivity index (χ0v) is 8.01. The zero-order valence-electron chi connectivity index (χ0n) is 8.01. The molecule has 0 saturated heterocycles. The number of aryl methyl sites for hydroxylation is 1. The second-order valence-corrected chi connectivity index (χ2v) is 3.37. The fourth-order valence-corrected chi connectivity index (χ4v) is 1.71. The summed E-state index contributed by atoms with van der Waals surface area (Å²) < 4.78 is 0. The van der Waals surface area contributed by atoms with Gasteiger partial charge in [0.1, 0.15) is 0 Å². The molecule has 0 unspecified atom stereocenters. The number of fused-ring (bicyclic) bond motifs is 1. The molecule has 3 heteroatoms. The van der Waals surface area contributed by atoms with Crippen LogP contribution in [0, 0.1) is 11.3 Å². The Morgan fingerprint density at radius 1 is 1.29 bits per heavy atom. The third kappa shape index (κ3) is 2.04. The van der Waals surface area contributed by atoms with Gasteiger partial charge in [0, 0.05) is 12.2 Å². The number of nitrogens with zero attached hydrogens (tertiary/aromatic N) is 1. The Bertz CT molecular complexity index is 355. The van der Waals surface area contributed by atoms with E-state index in [1.54, 1.807) is 0 Å². The lowest BCUT2D eigenvalue weighted by molar-refractivity contribution is 0.785. The van der Waals surface area contributed by atoms with Crippen molar-refractivity contribution in [2.45, 2.75) is 19.3 Å². The lowest BCUT2D eigenvalue weighted by Gasteiger charge is -2.06. The Morgan fingerprint density at radius 2 is 2.14 bits per heavy atom. The highest BCUT2D eigenvalue weighted by molar-refractivity contribution is 5.55. The normalized spacial score (nSPS) is 13.9. The van der Waals surface area contributed by atoms with Crippen LogP contribution in [0.25, 0.3) is 0 Å². The summed E-state index contributed by atoms with van der Waals surface area (Å²) in [6.45, 7) is 1.05. The molecule has 0 bridgehead atoms. The van der Waals surface area contributed by atoms with E-state index in [-0.39, 0.29) is 5.48 Å². The fourth-order valence-electron chi connectivity index (χ4n) is 1.71. The summed E-state index contributed by atoms with van der Waals surface area (Å²) >= 11 is 0. The quantitative estimate of drug-likeness (QED) is 0.673. The van der Waals surface area contributed by atoms with E-state index in [2.05, 4.69) is 11.4 Å². The molecule has 0 amide bonds. The van der Waals surface area contributed by atoms with E-state index in [9.17, 15) is 0 Å². The average molecular weight is 190 g/mol. The summed E-state index contributed by atoms with van der Waals surface area (Å²) in [4.78, 5) is 0. The molecule has 0 fully saturated rings. The van der Waals surface area contributed by atoms with Crippen molar-refractivity contribution >= 4 is 5.69 Å². The molecule has 0 spiro atoms. The van der Waals surface area contributed by atoms with Gasteiger partial charge in [0.2, 0.25) is 0 Å². The number of nitriles is 1. The molecule has 3 N–H and O–H groups in total. The topological polar surface area (TPSA) is 67.3 Å². The molecule has 0 aliphatic carbocycles. The van der Waals surface area contributed by atoms with Crippen LogP contribution in [0.1, 0.15) is 24.0 Å². The van der Waals surface area contributed by atoms with Crippen LogP contribution in [-0.2, 0) is 6.42 Å². The van der Waals surface area contributed by atoms with Crippen molar-refractivity contribution in [2.24, 2.45) is 0 Å². The van der Waals surface area contributed by atoms with E-state index in [1.807, 2.05) is 18.2 Å². The van der Waals surface area contributed by atoms with Crippen molar-refractivity contribution in [3.63, 3.8) is 0 Å². The van der Waals surface area contributed by atoms with Gasteiger partial charge >= 0.3 is 0 Å². The molecule has 1 aliphatic rings. The predicted octanol–water partition coefficient (Wildman–Crippen LogP) is 1.48. The van der Waals surface area contributed by atoms with Gasteiger partial charge in [-0.25, -0.2) is 0 Å². The van der Waals surface area contributed by atoms with Crippen molar-refractivity contribution in [2.75, 3.05) is 11.9 Å². The van der Waals surface area contributed by atoms with E-state index in [4.69, 9.17) is 5.26 Å². The molecule has 0 radical (unpaired) electrons. The lowest BCUT2D eigenvalue weighted by atomic mass is 10.1. The number of hydrogen-bond acceptors (Lipinski definition) is 2. The van der Waals surface area contributed by atoms with Crippen LogP contribution in [0.5, 0.6) is 0 Å². The summed E-state index contributed by atoms with van der Waals surface area (Å²) in [6, 6.07) is 8.05. The van der Waals surface area contributed by atoms with Crippen LogP contribution in [0.4, 0.5) is 5.69 Å². The van der Waals surface area contributed by atoms with Gasteiger partial charge in [-0.15, -0.1) is 0 Å². The number of rotatable bonds is 0. The molecule has 0 saturated carbocycles. The van der Waals surface area contributed by atoms with Crippen LogP contribution in [-0.4, -0.2) is 12.0 Å². The first-order valence-electron chi connectivity index (χ1n) is 4.67. The van der Waals surface area contributed by atoms with E-state index >= 15 is 0 Å². The van der Waals surface area contributed by atoms with Gasteiger partial charge in [-0.05, 0) is 43.0 Å². The molecule has 0 aromatic heterocycles. The molecular formula is C11H14N2O. The number of nitrogens with one attached hydrogen (secondary N) is 1. The molecule has 3 nitrogen and oxygen atoms in total. The number of anilines is 1. The summed E-state index contributed by atoms with van der Waals surface area (Å²) in [5.41, 5.74) is 3.26. The van der Waals surface area contributed by atoms with Crippen molar-refractivity contribution in [1.82, 2.24) is 0 Å². The molecule has 14 heavy (non-hydrogen) atoms. The Hall–Kier alpha value is -1.53. The third-order valence-electron chi connectivity index (χ3n) is 2.42. The Balaban J connectivity index is 0.000000980. The monoisotopic (exact) mass is 190 g/mol. The predicted molar refractivity (Wildman–Crippen MR) is 56.2 cm³/mol. The van der Waals surface area contributed by atoms with Crippen LogP contribution in [0.2, 0.25) is 0 Å². The minimum atomic E-state index is 0. The Morgan fingerprint density at radius 3 is 2.93 bits per heavy atom. The first kappa shape index (κ1) is 10.6. The van der Waals surface area contributed by atoms with E-state index in [0.717, 1.165) is 18.5 Å². The standard InChI is InChI=1S/C11H12N2.H2O/c12-8-9-4-5-11-10(7-9)3-1-2-6-13-11;/h4-5,7,13H,1-3,6H2;1H2. The van der Waals surface area contributed by atoms with Gasteiger partial charge in [0.15, 0.2) is 0 Å². The van der Waals surface area contributed by atoms with Crippen molar-refractivity contribution in [1.29, 1.82) is 5.26 Å². The van der Waals surface area contributed by atoms with Crippen molar-refractivity contribution in [3.05, 3.63) is 29.3 Å². The van der Waals surface area contributed by atoms with Gasteiger partial charge in [-0.1, -0.05) is 0 Å². The van der Waals surface area contributed by atoms with E-state index < -0.39 is 0 Å². The third-order valence-corrected chi connectivity index (χ3v) is 2.42. The summed E-state index contributed by atoms with van der Waals surface area (Å²) in [6.07, 6.45) is 3.53. The van der Waals surface area contributed by atoms with Crippen molar-refractivity contribution < 1.29 is 5.48 Å². The van der Waals surface area contributed by atoms with Gasteiger partial charge in [-0.2, -0.15) is 5.26 Å². The van der Waals surface area contributed by atoms with Gasteiger partial charge in [-0.3, -0.25) is 0 Å². The summed E-state index contributed by atoms with van der Waals surface area (Å²) in [7, 11) is 0. The van der Waals surface area contributed by atoms with Crippen molar-refractivity contribution in [3.8, 4) is 6.07 Å². The highest BCUT2D eigenvalue weighted by Crippen LogP contribution is 2.22. The molecule has 1 heterocycles. The first-order chi connectivity index (χ1) is 6.40. The minimum Gasteiger partial charge on any atom is -0.412 e. The molecule has 1 aromatic carbocycles. The molecule has 1 aliphatic heterocycles. The largest absolute Gasteiger partial charge is 0.412 e. The SMILES string of the molecule is N#Cc1ccc2c(c1)CCCCN2.O. The summed E-state index contributed by atoms with van der Waals surface area (Å²) in [5.74, 6) is 0. The van der Waals surface area contributed by atoms with E-state index in [0.29, 0.717) is 0 Å². The highest BCUT2D eigenvalue weighted by atomic mass is 16.0. The van der Waals surface area contributed by atoms with Crippen LogP contribution in [0.3, 0.4) is 0 Å². The highest BCUT2D eigenvalue weighted by Gasteiger charge is 2.06. The molecular weight excluding hydrogens is 176 g/mol. The fraction of sp³-hybridized carbons (Fsp3) is 0.364. The second-order valence-electron chi connectivity index (χ2n) is 3.37. The maximum atomic E-state index is 8.74. The number of hydrogen-bond donors (Lipinski definition) is 1. The Labute approximate surface area is 83.7 Å². The molecule has 2 rings (SSSR count). The molecule has 0 atom stereocenters. The first-order valence-corrected chi connectivity index (χ1v) is 4.67. The average Bonchev–Trinajstić information content (AvgIpc) is 2.41. The zero-order chi connectivity index (χ0) is 9.10. The van der Waals surface area contributed by atoms with Crippen LogP contribution < -0.4 is 5.32 Å². The lowest BCUT2D eigenvalue weighted by Crippen LogP contribution is -1.99. The molecule has 1 aromatic rings. The smallest absolute Gasteiger partial charge is 0.0991 e. The van der Waals surface area contributed by atoms with Crippen LogP contribution in [0.15, 0.2) is 18.2 Å². The van der Waals surface area contributed by atoms with Gasteiger partial charge in [0.25, 0.3) is 0 Å². The van der Waals surface area contributed by atoms with Crippen LogP contribution >= 0.6 is 0 Å². The van der Waals surface area contributed by atoms with E-state index in [1.165, 1.54) is 24.1 Å². The van der Waals surface area contributed by atoms with Gasteiger partial charge in [0.05, 0.1) is 11.6 Å². The maximum absolute atomic E-state index is 8.74. The van der Waals surface area contributed by atoms with Gasteiger partial charge < -0.3 is 10.8 Å². The summed E-state index contributed by atoms with van der Waals surface area (Å²) in [5, 5.41) is 12.1. The Kier molecular flexibility index (Phi) is 3.49. The minimum absolute atomic E-state index is 0. The molecule has 74 valence electrons. The maximum Gasteiger partial charge on any atom is 0.0991 e.